The molecule has 2 saturated heterocycles. The summed E-state index contributed by atoms with van der Waals surface area (Å²) in [6.45, 7) is 7.57. The van der Waals surface area contributed by atoms with Gasteiger partial charge in [-0.1, -0.05) is 28.9 Å². The molecule has 0 unspecified atom stereocenters. The molecule has 2 aliphatic heterocycles. The van der Waals surface area contributed by atoms with Crippen LogP contribution in [0.15, 0.2) is 39.9 Å². The topological polar surface area (TPSA) is 97.8 Å². The third-order valence-corrected chi connectivity index (χ3v) is 5.81. The monoisotopic (exact) mass is 554 g/mol. The highest BCUT2D eigenvalue weighted by molar-refractivity contribution is 9.10. The summed E-state index contributed by atoms with van der Waals surface area (Å²) in [6, 6.07) is 3.44. The van der Waals surface area contributed by atoms with E-state index in [9.17, 15) is 18.0 Å². The Morgan fingerprint density at radius 3 is 2.43 bits per heavy atom. The number of carbonyl (C=O) groups is 1. The number of nitriles is 1. The Labute approximate surface area is 213 Å². The van der Waals surface area contributed by atoms with E-state index in [0.717, 1.165) is 43.9 Å². The minimum atomic E-state index is -4.55. The largest absolute Gasteiger partial charge is 0.418 e. The summed E-state index contributed by atoms with van der Waals surface area (Å²) in [4.78, 5) is 19.7. The number of alkyl halides is 3. The molecule has 0 spiro atoms. The van der Waals surface area contributed by atoms with E-state index < -0.39 is 17.7 Å². The number of terminal acetylenes is 1. The van der Waals surface area contributed by atoms with Crippen LogP contribution in [0.1, 0.15) is 44.1 Å². The van der Waals surface area contributed by atoms with Crippen LogP contribution in [0.5, 0.6) is 0 Å². The molecule has 0 radical (unpaired) electrons. The van der Waals surface area contributed by atoms with Crippen LogP contribution in [0.4, 0.5) is 18.9 Å². The van der Waals surface area contributed by atoms with Gasteiger partial charge in [0.1, 0.15) is 0 Å². The lowest BCUT2D eigenvalue weighted by molar-refractivity contribution is -0.137. The van der Waals surface area contributed by atoms with Gasteiger partial charge in [0.25, 0.3) is 0 Å². The number of aliphatic imine (C=N–C) groups is 1. The lowest BCUT2D eigenvalue weighted by Crippen LogP contribution is -2.38. The van der Waals surface area contributed by atoms with Gasteiger partial charge in [-0.15, -0.1) is 12.8 Å². The molecule has 1 amide bonds. The van der Waals surface area contributed by atoms with Crippen LogP contribution >= 0.6 is 15.9 Å². The molecular formula is C24H30BrF3N6O. The minimum absolute atomic E-state index is 0.274. The smallest absolute Gasteiger partial charge is 0.369 e. The molecule has 0 aromatic heterocycles. The number of halogens is 4. The van der Waals surface area contributed by atoms with Crippen LogP contribution < -0.4 is 11.1 Å². The highest BCUT2D eigenvalue weighted by atomic mass is 79.9. The number of carbonyl (C=O) groups excluding carboxylic acids is 1. The maximum Gasteiger partial charge on any atom is 0.418 e. The standard InChI is InChI=1S/C13H22N2O.C9H6BrF3N4.C2H2/c1-12-7-3-2-4-10-15(12)11-13(16)14-8-5-6-9-14;10-5-1-2-7(17-8(15)16-4-14)6(3-5)9(11,12)13;1-2/h1-11H2;1-3H,(H3,15,16,17);1-2H. The van der Waals surface area contributed by atoms with Gasteiger partial charge in [-0.05, 0) is 50.3 Å². The van der Waals surface area contributed by atoms with Gasteiger partial charge in [0.2, 0.25) is 11.9 Å². The maximum atomic E-state index is 12.6. The number of likely N-dealkylation sites (tertiary alicyclic amines) is 2. The lowest BCUT2D eigenvalue weighted by atomic mass is 10.2. The molecule has 35 heavy (non-hydrogen) atoms. The van der Waals surface area contributed by atoms with Gasteiger partial charge < -0.3 is 15.5 Å². The summed E-state index contributed by atoms with van der Waals surface area (Å²) < 4.78 is 38.2. The number of guanidine groups is 1. The third kappa shape index (κ3) is 10.3. The second-order valence-corrected chi connectivity index (χ2v) is 8.70. The zero-order chi connectivity index (χ0) is 26.4. The summed E-state index contributed by atoms with van der Waals surface area (Å²) in [5.41, 5.74) is 5.07. The van der Waals surface area contributed by atoms with Crippen molar-refractivity contribution in [1.29, 1.82) is 5.26 Å². The fourth-order valence-electron chi connectivity index (χ4n) is 3.59. The van der Waals surface area contributed by atoms with Crippen molar-refractivity contribution in [1.82, 2.24) is 15.1 Å². The average molecular weight is 555 g/mol. The molecule has 1 aromatic carbocycles. The number of nitrogens with one attached hydrogen (secondary N) is 1. The van der Waals surface area contributed by atoms with E-state index in [0.29, 0.717) is 12.5 Å². The van der Waals surface area contributed by atoms with Gasteiger partial charge in [0.05, 0.1) is 17.8 Å². The van der Waals surface area contributed by atoms with Gasteiger partial charge in [0.15, 0.2) is 6.19 Å². The molecule has 190 valence electrons. The normalized spacial score (nSPS) is 16.1. The zero-order valence-corrected chi connectivity index (χ0v) is 21.0. The second kappa shape index (κ2) is 14.9. The number of rotatable bonds is 3. The van der Waals surface area contributed by atoms with E-state index in [2.05, 4.69) is 45.2 Å². The first-order valence-corrected chi connectivity index (χ1v) is 11.8. The molecule has 2 heterocycles. The van der Waals surface area contributed by atoms with Gasteiger partial charge in [-0.2, -0.15) is 18.4 Å². The first-order valence-electron chi connectivity index (χ1n) is 11.0. The Morgan fingerprint density at radius 2 is 1.83 bits per heavy atom. The number of benzene rings is 1. The molecule has 7 nitrogen and oxygen atoms in total. The Bertz CT molecular complexity index is 949. The number of nitrogens with zero attached hydrogens (tertiary/aromatic N) is 4. The first kappa shape index (κ1) is 29.9. The van der Waals surface area contributed by atoms with Gasteiger partial charge in [0, 0.05) is 29.8 Å². The Kier molecular flexibility index (Phi) is 12.7. The summed E-state index contributed by atoms with van der Waals surface area (Å²) in [7, 11) is 0. The number of hydrogen-bond donors (Lipinski definition) is 2. The van der Waals surface area contributed by atoms with Crippen LogP contribution in [-0.2, 0) is 11.0 Å². The van der Waals surface area contributed by atoms with Crippen molar-refractivity contribution in [3.05, 3.63) is 40.5 Å². The first-order chi connectivity index (χ1) is 16.6. The predicted octanol–water partition coefficient (Wildman–Crippen LogP) is 4.73. The molecule has 3 N–H and O–H groups in total. The van der Waals surface area contributed by atoms with E-state index in [4.69, 9.17) is 11.0 Å². The Morgan fingerprint density at radius 1 is 1.20 bits per heavy atom. The van der Waals surface area contributed by atoms with Crippen LogP contribution in [0.3, 0.4) is 0 Å². The molecule has 2 fully saturated rings. The number of allylic oxidation sites excluding steroid dienone is 1. The highest BCUT2D eigenvalue weighted by Crippen LogP contribution is 2.37. The Balaban J connectivity index is 0.000000327. The van der Waals surface area contributed by atoms with Crippen LogP contribution in [0, 0.1) is 24.3 Å². The fourth-order valence-corrected chi connectivity index (χ4v) is 3.95. The van der Waals surface area contributed by atoms with Crippen LogP contribution in [0.25, 0.3) is 0 Å². The van der Waals surface area contributed by atoms with Crippen molar-refractivity contribution in [3.63, 3.8) is 0 Å². The third-order valence-electron chi connectivity index (χ3n) is 5.31. The van der Waals surface area contributed by atoms with Crippen molar-refractivity contribution in [2.75, 3.05) is 26.2 Å². The summed E-state index contributed by atoms with van der Waals surface area (Å²) >= 11 is 2.94. The zero-order valence-electron chi connectivity index (χ0n) is 19.5. The summed E-state index contributed by atoms with van der Waals surface area (Å²) in [6.07, 6.45) is 12.0. The van der Waals surface area contributed by atoms with Crippen molar-refractivity contribution < 1.29 is 18.0 Å². The average Bonchev–Trinajstić information content (AvgIpc) is 3.28. The van der Waals surface area contributed by atoms with Gasteiger partial charge >= 0.3 is 6.18 Å². The number of amides is 1. The molecule has 0 bridgehead atoms. The lowest BCUT2D eigenvalue weighted by Gasteiger charge is -2.26. The molecule has 1 aromatic rings. The van der Waals surface area contributed by atoms with Crippen molar-refractivity contribution in [2.45, 2.75) is 44.7 Å². The molecular weight excluding hydrogens is 525 g/mol. The summed E-state index contributed by atoms with van der Waals surface area (Å²) in [5, 5.41) is 10.2. The minimum Gasteiger partial charge on any atom is -0.369 e. The van der Waals surface area contributed by atoms with E-state index in [1.165, 1.54) is 44.4 Å². The predicted molar refractivity (Wildman–Crippen MR) is 134 cm³/mol. The van der Waals surface area contributed by atoms with Crippen LogP contribution in [-0.4, -0.2) is 47.8 Å². The molecule has 2 aliphatic rings. The number of hydrogen-bond acceptors (Lipinski definition) is 4. The highest BCUT2D eigenvalue weighted by Gasteiger charge is 2.33. The second-order valence-electron chi connectivity index (χ2n) is 7.78. The SMILES string of the molecule is C#C.C=C1CCCCCN1CC(=O)N1CCCC1.N#CNC(N)=Nc1ccc(Br)cc1C(F)(F)F. The molecule has 0 aliphatic carbocycles. The number of nitrogens with two attached hydrogens (primary N) is 1. The van der Waals surface area contributed by atoms with Crippen LogP contribution in [0.2, 0.25) is 0 Å². The van der Waals surface area contributed by atoms with Crippen molar-refractivity contribution >= 4 is 33.5 Å². The quantitative estimate of drug-likeness (QED) is 0.185. The molecule has 11 heteroatoms. The maximum absolute atomic E-state index is 12.6. The van der Waals surface area contributed by atoms with Crippen molar-refractivity contribution in [2.24, 2.45) is 10.7 Å². The molecule has 0 saturated carbocycles. The van der Waals surface area contributed by atoms with Gasteiger partial charge in [-0.25, -0.2) is 4.99 Å². The molecule has 3 rings (SSSR count). The van der Waals surface area contributed by atoms with Crippen molar-refractivity contribution in [3.8, 4) is 19.0 Å². The van der Waals surface area contributed by atoms with E-state index in [-0.39, 0.29) is 10.2 Å². The van der Waals surface area contributed by atoms with Gasteiger partial charge in [-0.3, -0.25) is 10.1 Å². The van der Waals surface area contributed by atoms with E-state index in [1.54, 1.807) is 0 Å². The summed E-state index contributed by atoms with van der Waals surface area (Å²) in [5.74, 6) is -0.110. The van der Waals surface area contributed by atoms with E-state index in [1.807, 2.05) is 10.2 Å². The fraction of sp³-hybridized carbons (Fsp3) is 0.458. The Hall–Kier alpha value is -3.18. The van der Waals surface area contributed by atoms with E-state index >= 15 is 0 Å². The molecule has 0 atom stereocenters.